The summed E-state index contributed by atoms with van der Waals surface area (Å²) >= 11 is 14.4. The fourth-order valence-corrected chi connectivity index (χ4v) is 5.08. The Morgan fingerprint density at radius 3 is 2.92 bits per heavy atom. The lowest BCUT2D eigenvalue weighted by Crippen LogP contribution is -2.39. The number of carbonyl (C=O) groups is 1. The summed E-state index contributed by atoms with van der Waals surface area (Å²) in [6.07, 6.45) is 2.47. The first-order valence-corrected chi connectivity index (χ1v) is 9.33. The summed E-state index contributed by atoms with van der Waals surface area (Å²) < 4.78 is 0.932. The lowest BCUT2D eigenvalue weighted by atomic mass is 9.98. The molecule has 4 rings (SSSR count). The number of nitrogens with zero attached hydrogens (tertiary/aromatic N) is 4. The molecule has 9 heteroatoms. The van der Waals surface area contributed by atoms with Crippen molar-refractivity contribution in [1.29, 1.82) is 0 Å². The number of halogens is 2. The first kappa shape index (κ1) is 16.8. The Bertz CT molecular complexity index is 996. The predicted molar refractivity (Wildman–Crippen MR) is 100 cm³/mol. The van der Waals surface area contributed by atoms with Crippen LogP contribution in [0.4, 0.5) is 0 Å². The van der Waals surface area contributed by atoms with Crippen molar-refractivity contribution < 1.29 is 4.79 Å². The third-order valence-electron chi connectivity index (χ3n) is 4.41. The highest BCUT2D eigenvalue weighted by molar-refractivity contribution is 7.20. The van der Waals surface area contributed by atoms with Crippen LogP contribution in [0.25, 0.3) is 21.3 Å². The number of aromatic nitrogens is 3. The van der Waals surface area contributed by atoms with E-state index in [-0.39, 0.29) is 12.5 Å². The summed E-state index contributed by atoms with van der Waals surface area (Å²) in [5.74, 6) is -0.0404. The standard InChI is InChI=1S/C16H15Cl2N5OS/c1-22-20-6-11(21-22)9-4-10(17)15(18)16-14(9)8-2-3-23(13(24)5-19)7-12(8)25-16/h4,6H,2-3,5,7,19H2,1H3. The minimum atomic E-state index is -0.0404. The molecule has 0 atom stereocenters. The Kier molecular flexibility index (Phi) is 4.19. The molecule has 1 aromatic carbocycles. The molecule has 25 heavy (non-hydrogen) atoms. The van der Waals surface area contributed by atoms with Crippen LogP contribution in [0, 0.1) is 0 Å². The van der Waals surface area contributed by atoms with Gasteiger partial charge < -0.3 is 10.6 Å². The van der Waals surface area contributed by atoms with Crippen molar-refractivity contribution >= 4 is 50.5 Å². The Morgan fingerprint density at radius 2 is 2.24 bits per heavy atom. The summed E-state index contributed by atoms with van der Waals surface area (Å²) in [6.45, 7) is 1.23. The molecule has 0 saturated heterocycles. The van der Waals surface area contributed by atoms with E-state index in [1.165, 1.54) is 10.4 Å². The summed E-state index contributed by atoms with van der Waals surface area (Å²) in [5, 5.41) is 10.7. The van der Waals surface area contributed by atoms with E-state index in [4.69, 9.17) is 28.9 Å². The predicted octanol–water partition coefficient (Wildman–Crippen LogP) is 2.85. The van der Waals surface area contributed by atoms with Crippen molar-refractivity contribution in [3.05, 3.63) is 32.7 Å². The van der Waals surface area contributed by atoms with Gasteiger partial charge in [0.1, 0.15) is 5.69 Å². The van der Waals surface area contributed by atoms with Crippen molar-refractivity contribution in [3.8, 4) is 11.3 Å². The normalized spacial score (nSPS) is 14.2. The summed E-state index contributed by atoms with van der Waals surface area (Å²) in [6, 6.07) is 1.85. The average Bonchev–Trinajstić information content (AvgIpc) is 3.20. The number of rotatable bonds is 2. The number of hydrogen-bond donors (Lipinski definition) is 1. The van der Waals surface area contributed by atoms with Crippen molar-refractivity contribution in [2.24, 2.45) is 12.8 Å². The number of thiophene rings is 1. The minimum Gasteiger partial charge on any atom is -0.336 e. The van der Waals surface area contributed by atoms with Gasteiger partial charge in [-0.1, -0.05) is 23.2 Å². The van der Waals surface area contributed by atoms with Crippen molar-refractivity contribution in [1.82, 2.24) is 19.9 Å². The number of benzene rings is 1. The molecule has 0 aliphatic carbocycles. The highest BCUT2D eigenvalue weighted by Crippen LogP contribution is 2.46. The van der Waals surface area contributed by atoms with E-state index in [0.717, 1.165) is 32.6 Å². The SMILES string of the molecule is Cn1ncc(-c2cc(Cl)c(Cl)c3sc4c(c23)CCN(C(=O)CN)C4)n1. The maximum absolute atomic E-state index is 11.9. The first-order chi connectivity index (χ1) is 12.0. The number of nitrogens with two attached hydrogens (primary N) is 1. The van der Waals surface area contributed by atoms with E-state index in [2.05, 4.69) is 10.2 Å². The van der Waals surface area contributed by atoms with Crippen molar-refractivity contribution in [3.63, 3.8) is 0 Å². The van der Waals surface area contributed by atoms with Crippen LogP contribution < -0.4 is 5.73 Å². The summed E-state index contributed by atoms with van der Waals surface area (Å²) in [7, 11) is 1.78. The molecule has 0 bridgehead atoms. The molecular formula is C16H15Cl2N5OS. The van der Waals surface area contributed by atoms with Gasteiger partial charge in [-0.3, -0.25) is 4.79 Å². The van der Waals surface area contributed by atoms with Crippen molar-refractivity contribution in [2.45, 2.75) is 13.0 Å². The van der Waals surface area contributed by atoms with E-state index in [1.54, 1.807) is 29.5 Å². The summed E-state index contributed by atoms with van der Waals surface area (Å²) in [5.41, 5.74) is 8.39. The Morgan fingerprint density at radius 1 is 1.44 bits per heavy atom. The van der Waals surface area contributed by atoms with E-state index in [0.29, 0.717) is 23.1 Å². The molecular weight excluding hydrogens is 381 g/mol. The van der Waals surface area contributed by atoms with Gasteiger partial charge in [0.05, 0.1) is 34.0 Å². The van der Waals surface area contributed by atoms with Crippen LogP contribution in [0.15, 0.2) is 12.3 Å². The molecule has 2 N–H and O–H groups in total. The lowest BCUT2D eigenvalue weighted by Gasteiger charge is -2.26. The van der Waals surface area contributed by atoms with Crippen LogP contribution in [-0.2, 0) is 24.8 Å². The van der Waals surface area contributed by atoms with Crippen LogP contribution in [0.2, 0.25) is 10.0 Å². The third kappa shape index (κ3) is 2.71. The molecule has 1 aliphatic rings. The van der Waals surface area contributed by atoms with Crippen LogP contribution in [-0.4, -0.2) is 38.9 Å². The smallest absolute Gasteiger partial charge is 0.236 e. The molecule has 0 radical (unpaired) electrons. The maximum atomic E-state index is 11.9. The Balaban J connectivity index is 1.93. The zero-order chi connectivity index (χ0) is 17.7. The Hall–Kier alpha value is -1.67. The molecule has 2 aromatic heterocycles. The second-order valence-electron chi connectivity index (χ2n) is 5.92. The number of carbonyl (C=O) groups excluding carboxylic acids is 1. The largest absolute Gasteiger partial charge is 0.336 e. The van der Waals surface area contributed by atoms with E-state index in [1.807, 2.05) is 6.07 Å². The topological polar surface area (TPSA) is 77.0 Å². The van der Waals surface area contributed by atoms with Gasteiger partial charge >= 0.3 is 0 Å². The van der Waals surface area contributed by atoms with Gasteiger partial charge in [-0.05, 0) is 18.1 Å². The van der Waals surface area contributed by atoms with Crippen LogP contribution >= 0.6 is 34.5 Å². The molecule has 1 amide bonds. The van der Waals surface area contributed by atoms with Gasteiger partial charge in [-0.15, -0.1) is 11.3 Å². The van der Waals surface area contributed by atoms with Gasteiger partial charge in [-0.2, -0.15) is 15.0 Å². The zero-order valence-corrected chi connectivity index (χ0v) is 15.8. The monoisotopic (exact) mass is 395 g/mol. The molecule has 130 valence electrons. The Labute approximate surface area is 158 Å². The molecule has 0 fully saturated rings. The number of hydrogen-bond acceptors (Lipinski definition) is 5. The number of fused-ring (bicyclic) bond motifs is 3. The third-order valence-corrected chi connectivity index (χ3v) is 6.54. The fourth-order valence-electron chi connectivity index (χ4n) is 3.23. The quantitative estimate of drug-likeness (QED) is 0.723. The lowest BCUT2D eigenvalue weighted by molar-refractivity contribution is -0.130. The highest BCUT2D eigenvalue weighted by atomic mass is 35.5. The fraction of sp³-hybridized carbons (Fsp3) is 0.312. The molecule has 0 saturated carbocycles. The number of amides is 1. The van der Waals surface area contributed by atoms with Crippen LogP contribution in [0.3, 0.4) is 0 Å². The van der Waals surface area contributed by atoms with E-state index < -0.39 is 0 Å². The van der Waals surface area contributed by atoms with Crippen LogP contribution in [0.5, 0.6) is 0 Å². The molecule has 3 heterocycles. The van der Waals surface area contributed by atoms with Gasteiger partial charge in [0.2, 0.25) is 5.91 Å². The zero-order valence-electron chi connectivity index (χ0n) is 13.4. The van der Waals surface area contributed by atoms with Crippen molar-refractivity contribution in [2.75, 3.05) is 13.1 Å². The highest BCUT2D eigenvalue weighted by Gasteiger charge is 2.27. The molecule has 3 aromatic rings. The second-order valence-corrected chi connectivity index (χ2v) is 7.81. The molecule has 6 nitrogen and oxygen atoms in total. The first-order valence-electron chi connectivity index (χ1n) is 7.76. The van der Waals surface area contributed by atoms with E-state index in [9.17, 15) is 4.79 Å². The molecule has 0 spiro atoms. The summed E-state index contributed by atoms with van der Waals surface area (Å²) in [4.78, 5) is 16.4. The molecule has 0 unspecified atom stereocenters. The van der Waals surface area contributed by atoms with Gasteiger partial charge in [-0.25, -0.2) is 0 Å². The van der Waals surface area contributed by atoms with Gasteiger partial charge in [0.15, 0.2) is 0 Å². The van der Waals surface area contributed by atoms with Crippen LogP contribution in [0.1, 0.15) is 10.4 Å². The number of aryl methyl sites for hydroxylation is 1. The second kappa shape index (κ2) is 6.25. The van der Waals surface area contributed by atoms with Gasteiger partial charge in [0.25, 0.3) is 0 Å². The minimum absolute atomic E-state index is 0.0255. The molecule has 1 aliphatic heterocycles. The van der Waals surface area contributed by atoms with Gasteiger partial charge in [0, 0.05) is 29.4 Å². The van der Waals surface area contributed by atoms with E-state index >= 15 is 0 Å². The average molecular weight is 396 g/mol. The maximum Gasteiger partial charge on any atom is 0.236 e.